The molecular formula is C11H14BrNO2S. The lowest BCUT2D eigenvalue weighted by Gasteiger charge is -2.29. The number of nitrogens with zero attached hydrogens (tertiary/aromatic N) is 1. The van der Waals surface area contributed by atoms with Crippen LogP contribution in [0.25, 0.3) is 0 Å². The topological polar surface area (TPSA) is 37.4 Å². The van der Waals surface area contributed by atoms with Crippen molar-refractivity contribution in [3.8, 4) is 0 Å². The zero-order chi connectivity index (χ0) is 11.8. The van der Waals surface area contributed by atoms with E-state index in [1.54, 1.807) is 0 Å². The average molecular weight is 304 g/mol. The molecule has 1 aliphatic rings. The Balaban J connectivity index is 2.17. The summed E-state index contributed by atoms with van der Waals surface area (Å²) in [6, 6.07) is 6.12. The lowest BCUT2D eigenvalue weighted by Crippen LogP contribution is -2.40. The predicted octanol–water partition coefficient (Wildman–Crippen LogP) is 1.99. The molecule has 0 atom stereocenters. The van der Waals surface area contributed by atoms with E-state index in [-0.39, 0.29) is 11.5 Å². The van der Waals surface area contributed by atoms with Gasteiger partial charge in [0.25, 0.3) is 0 Å². The normalized spacial score (nSPS) is 19.8. The van der Waals surface area contributed by atoms with E-state index < -0.39 is 9.84 Å². The summed E-state index contributed by atoms with van der Waals surface area (Å²) in [5.41, 5.74) is 2.28. The van der Waals surface area contributed by atoms with Gasteiger partial charge in [0.1, 0.15) is 0 Å². The maximum absolute atomic E-state index is 11.3. The first-order valence-corrected chi connectivity index (χ1v) is 7.81. The minimum Gasteiger partial charge on any atom is -0.369 e. The Morgan fingerprint density at radius 3 is 2.44 bits per heavy atom. The molecule has 0 saturated carbocycles. The average Bonchev–Trinajstić information content (AvgIpc) is 2.22. The zero-order valence-electron chi connectivity index (χ0n) is 9.11. The van der Waals surface area contributed by atoms with Gasteiger partial charge in [0.15, 0.2) is 9.84 Å². The molecule has 88 valence electrons. The van der Waals surface area contributed by atoms with Gasteiger partial charge in [-0.3, -0.25) is 0 Å². The zero-order valence-corrected chi connectivity index (χ0v) is 11.5. The molecular weight excluding hydrogens is 290 g/mol. The Morgan fingerprint density at radius 2 is 1.88 bits per heavy atom. The van der Waals surface area contributed by atoms with Gasteiger partial charge in [-0.25, -0.2) is 8.42 Å². The van der Waals surface area contributed by atoms with E-state index in [0.29, 0.717) is 13.1 Å². The van der Waals surface area contributed by atoms with Crippen LogP contribution in [-0.4, -0.2) is 33.0 Å². The van der Waals surface area contributed by atoms with E-state index in [4.69, 9.17) is 0 Å². The number of benzene rings is 1. The molecule has 3 nitrogen and oxygen atoms in total. The van der Waals surface area contributed by atoms with Crippen LogP contribution in [0.5, 0.6) is 0 Å². The summed E-state index contributed by atoms with van der Waals surface area (Å²) in [7, 11) is -2.79. The van der Waals surface area contributed by atoms with Gasteiger partial charge in [0.05, 0.1) is 11.5 Å². The Labute approximate surface area is 105 Å². The first kappa shape index (κ1) is 11.9. The molecule has 0 N–H and O–H groups in total. The molecule has 0 radical (unpaired) electrons. The second-order valence-corrected chi connectivity index (χ2v) is 7.23. The number of hydrogen-bond acceptors (Lipinski definition) is 3. The first-order valence-electron chi connectivity index (χ1n) is 5.19. The molecule has 1 aromatic carbocycles. The summed E-state index contributed by atoms with van der Waals surface area (Å²) in [4.78, 5) is 2.13. The van der Waals surface area contributed by atoms with Crippen LogP contribution < -0.4 is 4.90 Å². The van der Waals surface area contributed by atoms with Crippen LogP contribution in [0, 0.1) is 6.92 Å². The van der Waals surface area contributed by atoms with Gasteiger partial charge in [0, 0.05) is 23.2 Å². The highest BCUT2D eigenvalue weighted by Crippen LogP contribution is 2.24. The highest BCUT2D eigenvalue weighted by Gasteiger charge is 2.21. The molecule has 1 aromatic rings. The second kappa shape index (κ2) is 4.37. The summed E-state index contributed by atoms with van der Waals surface area (Å²) in [5.74, 6) is 0.532. The Morgan fingerprint density at radius 1 is 1.25 bits per heavy atom. The third-order valence-corrected chi connectivity index (χ3v) is 5.35. The van der Waals surface area contributed by atoms with Gasteiger partial charge in [-0.1, -0.05) is 15.9 Å². The molecule has 0 aromatic heterocycles. The van der Waals surface area contributed by atoms with Crippen LogP contribution in [0.1, 0.15) is 5.56 Å². The van der Waals surface area contributed by atoms with Crippen LogP contribution >= 0.6 is 15.9 Å². The maximum Gasteiger partial charge on any atom is 0.153 e. The lowest BCUT2D eigenvalue weighted by molar-refractivity contribution is 0.587. The van der Waals surface area contributed by atoms with Gasteiger partial charge in [0.2, 0.25) is 0 Å². The van der Waals surface area contributed by atoms with Crippen LogP contribution in [0.15, 0.2) is 22.7 Å². The number of hydrogen-bond donors (Lipinski definition) is 0. The van der Waals surface area contributed by atoms with Crippen molar-refractivity contribution >= 4 is 31.5 Å². The molecule has 2 rings (SSSR count). The molecule has 0 bridgehead atoms. The Kier molecular flexibility index (Phi) is 3.26. The van der Waals surface area contributed by atoms with Gasteiger partial charge in [-0.15, -0.1) is 0 Å². The highest BCUT2D eigenvalue weighted by molar-refractivity contribution is 9.10. The van der Waals surface area contributed by atoms with Crippen LogP contribution in [0.2, 0.25) is 0 Å². The van der Waals surface area contributed by atoms with Crippen molar-refractivity contribution < 1.29 is 8.42 Å². The summed E-state index contributed by atoms with van der Waals surface area (Å²) in [6.45, 7) is 3.24. The number of sulfone groups is 1. The molecule has 1 fully saturated rings. The van der Waals surface area contributed by atoms with Gasteiger partial charge >= 0.3 is 0 Å². The predicted molar refractivity (Wildman–Crippen MR) is 69.7 cm³/mol. The quantitative estimate of drug-likeness (QED) is 0.796. The third kappa shape index (κ3) is 2.58. The summed E-state index contributed by atoms with van der Waals surface area (Å²) in [6.07, 6.45) is 0. The molecule has 0 spiro atoms. The minimum absolute atomic E-state index is 0.266. The fourth-order valence-corrected chi connectivity index (χ4v) is 3.24. The Hall–Kier alpha value is -0.550. The van der Waals surface area contributed by atoms with Gasteiger partial charge in [-0.05, 0) is 30.7 Å². The van der Waals surface area contributed by atoms with E-state index >= 15 is 0 Å². The van der Waals surface area contributed by atoms with Crippen molar-refractivity contribution in [1.29, 1.82) is 0 Å². The van der Waals surface area contributed by atoms with Crippen LogP contribution in [0.4, 0.5) is 5.69 Å². The van der Waals surface area contributed by atoms with E-state index in [1.807, 2.05) is 19.1 Å². The van der Waals surface area contributed by atoms with E-state index in [2.05, 4.69) is 26.9 Å². The SMILES string of the molecule is Cc1cc(N2CCS(=O)(=O)CC2)ccc1Br. The smallest absolute Gasteiger partial charge is 0.153 e. The van der Waals surface area contributed by atoms with Crippen molar-refractivity contribution in [1.82, 2.24) is 0 Å². The van der Waals surface area contributed by atoms with E-state index in [1.165, 1.54) is 5.56 Å². The number of rotatable bonds is 1. The van der Waals surface area contributed by atoms with Gasteiger partial charge < -0.3 is 4.90 Å². The second-order valence-electron chi connectivity index (χ2n) is 4.07. The van der Waals surface area contributed by atoms with Crippen LogP contribution in [0.3, 0.4) is 0 Å². The van der Waals surface area contributed by atoms with Crippen molar-refractivity contribution in [3.05, 3.63) is 28.2 Å². The molecule has 5 heteroatoms. The summed E-state index contributed by atoms with van der Waals surface area (Å²) >= 11 is 3.46. The molecule has 1 heterocycles. The summed E-state index contributed by atoms with van der Waals surface area (Å²) < 4.78 is 23.7. The van der Waals surface area contributed by atoms with Crippen molar-refractivity contribution in [2.75, 3.05) is 29.5 Å². The monoisotopic (exact) mass is 303 g/mol. The van der Waals surface area contributed by atoms with Crippen molar-refractivity contribution in [3.63, 3.8) is 0 Å². The Bertz CT molecular complexity index is 485. The van der Waals surface area contributed by atoms with E-state index in [9.17, 15) is 8.42 Å². The molecule has 0 amide bonds. The molecule has 1 aliphatic heterocycles. The molecule has 1 saturated heterocycles. The van der Waals surface area contributed by atoms with Crippen molar-refractivity contribution in [2.24, 2.45) is 0 Å². The fraction of sp³-hybridized carbons (Fsp3) is 0.455. The molecule has 16 heavy (non-hydrogen) atoms. The third-order valence-electron chi connectivity index (χ3n) is 2.85. The van der Waals surface area contributed by atoms with E-state index in [0.717, 1.165) is 10.2 Å². The number of halogens is 1. The largest absolute Gasteiger partial charge is 0.369 e. The number of anilines is 1. The standard InChI is InChI=1S/C11H14BrNO2S/c1-9-8-10(2-3-11(9)12)13-4-6-16(14,15)7-5-13/h2-3,8H,4-7H2,1H3. The van der Waals surface area contributed by atoms with Crippen molar-refractivity contribution in [2.45, 2.75) is 6.92 Å². The maximum atomic E-state index is 11.3. The molecule has 0 aliphatic carbocycles. The first-order chi connectivity index (χ1) is 7.48. The minimum atomic E-state index is -2.79. The highest BCUT2D eigenvalue weighted by atomic mass is 79.9. The molecule has 0 unspecified atom stereocenters. The van der Waals surface area contributed by atoms with Crippen LogP contribution in [-0.2, 0) is 9.84 Å². The van der Waals surface area contributed by atoms with Gasteiger partial charge in [-0.2, -0.15) is 0 Å². The number of aryl methyl sites for hydroxylation is 1. The summed E-state index contributed by atoms with van der Waals surface area (Å²) in [5, 5.41) is 0. The lowest BCUT2D eigenvalue weighted by atomic mass is 10.2. The fourth-order valence-electron chi connectivity index (χ4n) is 1.80.